The molecule has 0 aromatic carbocycles. The Morgan fingerprint density at radius 3 is 2.91 bits per heavy atom. The lowest BCUT2D eigenvalue weighted by atomic mass is 9.79. The minimum atomic E-state index is -1.03. The van der Waals surface area contributed by atoms with Crippen molar-refractivity contribution >= 4 is 12.0 Å². The number of hydrogen-bond donors (Lipinski definition) is 1. The van der Waals surface area contributed by atoms with Crippen molar-refractivity contribution in [3.63, 3.8) is 0 Å². The molecule has 1 saturated carbocycles. The maximum Gasteiger partial charge on any atom is 0.323 e. The zero-order chi connectivity index (χ0) is 16.7. The number of pyridine rings is 1. The van der Waals surface area contributed by atoms with Gasteiger partial charge in [0.2, 0.25) is 0 Å². The number of ether oxygens (including phenoxy) is 1. The summed E-state index contributed by atoms with van der Waals surface area (Å²) >= 11 is 0. The van der Waals surface area contributed by atoms with Gasteiger partial charge in [0.25, 0.3) is 5.56 Å². The van der Waals surface area contributed by atoms with E-state index in [1.54, 1.807) is 13.0 Å². The number of rotatable bonds is 3. The molecular weight excluding hydrogens is 294 g/mol. The highest BCUT2D eigenvalue weighted by Crippen LogP contribution is 2.39. The summed E-state index contributed by atoms with van der Waals surface area (Å²) in [5, 5.41) is 8.97. The number of fused-ring (bicyclic) bond motifs is 2. The summed E-state index contributed by atoms with van der Waals surface area (Å²) in [4.78, 5) is 23.5. The van der Waals surface area contributed by atoms with Crippen molar-refractivity contribution in [3.05, 3.63) is 45.4 Å². The van der Waals surface area contributed by atoms with Crippen molar-refractivity contribution in [2.24, 2.45) is 5.92 Å². The fourth-order valence-electron chi connectivity index (χ4n) is 3.42. The van der Waals surface area contributed by atoms with Crippen LogP contribution in [-0.4, -0.2) is 21.7 Å². The fraction of sp³-hybridized carbons (Fsp3) is 0.444. The Balaban J connectivity index is 2.00. The molecule has 122 valence electrons. The first-order valence-electron chi connectivity index (χ1n) is 7.85. The van der Waals surface area contributed by atoms with E-state index in [0.717, 1.165) is 24.8 Å². The predicted octanol–water partition coefficient (Wildman–Crippen LogP) is 2.76. The van der Waals surface area contributed by atoms with Crippen molar-refractivity contribution in [2.45, 2.75) is 45.8 Å². The molecule has 0 unspecified atom stereocenters. The molecule has 0 saturated heterocycles. The average Bonchev–Trinajstić information content (AvgIpc) is 2.49. The first-order valence-corrected chi connectivity index (χ1v) is 7.85. The quantitative estimate of drug-likeness (QED) is 0.871. The third-order valence-electron chi connectivity index (χ3n) is 4.79. The topological polar surface area (TPSA) is 68.5 Å². The number of carbonyl (C=O) groups is 1. The summed E-state index contributed by atoms with van der Waals surface area (Å²) in [6.07, 6.45) is 4.68. The highest BCUT2D eigenvalue weighted by molar-refractivity contribution is 5.68. The van der Waals surface area contributed by atoms with Gasteiger partial charge in [0.15, 0.2) is 0 Å². The minimum Gasteiger partial charge on any atom is -0.485 e. The van der Waals surface area contributed by atoms with Crippen molar-refractivity contribution in [1.29, 1.82) is 0 Å². The summed E-state index contributed by atoms with van der Waals surface area (Å²) in [6, 6.07) is 1.76. The van der Waals surface area contributed by atoms with Gasteiger partial charge in [-0.05, 0) is 50.7 Å². The molecule has 2 aliphatic rings. The van der Waals surface area contributed by atoms with E-state index in [0.29, 0.717) is 22.9 Å². The van der Waals surface area contributed by atoms with Crippen LogP contribution in [0.5, 0.6) is 5.75 Å². The first kappa shape index (κ1) is 15.6. The van der Waals surface area contributed by atoms with Gasteiger partial charge in [0.05, 0.1) is 5.56 Å². The van der Waals surface area contributed by atoms with E-state index in [4.69, 9.17) is 9.84 Å². The molecule has 5 nitrogen and oxygen atoms in total. The Labute approximate surface area is 134 Å². The number of carboxylic acids is 1. The molecule has 0 spiro atoms. The van der Waals surface area contributed by atoms with Crippen LogP contribution in [0.15, 0.2) is 28.6 Å². The van der Waals surface area contributed by atoms with E-state index in [1.807, 2.05) is 13.0 Å². The largest absolute Gasteiger partial charge is 0.485 e. The molecule has 0 amide bonds. The van der Waals surface area contributed by atoms with Crippen LogP contribution in [-0.2, 0) is 11.3 Å². The van der Waals surface area contributed by atoms with Crippen LogP contribution in [0.25, 0.3) is 6.08 Å². The van der Waals surface area contributed by atoms with E-state index >= 15 is 0 Å². The van der Waals surface area contributed by atoms with Crippen molar-refractivity contribution in [3.8, 4) is 5.75 Å². The highest BCUT2D eigenvalue weighted by atomic mass is 16.5. The zero-order valence-corrected chi connectivity index (χ0v) is 13.5. The number of nitrogens with zero attached hydrogens (tertiary/aromatic N) is 1. The van der Waals surface area contributed by atoms with Crippen LogP contribution >= 0.6 is 0 Å². The van der Waals surface area contributed by atoms with E-state index < -0.39 is 5.97 Å². The number of aryl methyl sites for hydroxylation is 1. The van der Waals surface area contributed by atoms with Gasteiger partial charge < -0.3 is 14.4 Å². The van der Waals surface area contributed by atoms with Crippen molar-refractivity contribution < 1.29 is 14.6 Å². The third kappa shape index (κ3) is 2.83. The number of hydrogen-bond acceptors (Lipinski definition) is 3. The van der Waals surface area contributed by atoms with Gasteiger partial charge in [-0.1, -0.05) is 12.2 Å². The van der Waals surface area contributed by atoms with Crippen LogP contribution in [0.1, 0.15) is 37.4 Å². The second kappa shape index (κ2) is 5.72. The molecule has 2 heterocycles. The molecule has 1 N–H and O–H groups in total. The SMILES string of the molecule is C=C(C)[C@H]1CCC2=Cc3c(cc(C)n(CC(=O)O)c3=O)O[C@H]2C1. The molecule has 1 aromatic heterocycles. The molecule has 1 aliphatic heterocycles. The molecule has 1 fully saturated rings. The molecule has 1 aliphatic carbocycles. The van der Waals surface area contributed by atoms with Crippen LogP contribution < -0.4 is 10.3 Å². The molecule has 23 heavy (non-hydrogen) atoms. The molecule has 1 aromatic rings. The van der Waals surface area contributed by atoms with Gasteiger partial charge in [0, 0.05) is 11.8 Å². The highest BCUT2D eigenvalue weighted by Gasteiger charge is 2.32. The summed E-state index contributed by atoms with van der Waals surface area (Å²) in [7, 11) is 0. The number of allylic oxidation sites excluding steroid dienone is 1. The molecule has 5 heteroatoms. The number of aromatic nitrogens is 1. The van der Waals surface area contributed by atoms with Crippen LogP contribution in [0.3, 0.4) is 0 Å². The van der Waals surface area contributed by atoms with Gasteiger partial charge in [-0.25, -0.2) is 0 Å². The monoisotopic (exact) mass is 315 g/mol. The lowest BCUT2D eigenvalue weighted by Crippen LogP contribution is -2.34. The van der Waals surface area contributed by atoms with Crippen LogP contribution in [0, 0.1) is 12.8 Å². The van der Waals surface area contributed by atoms with E-state index in [2.05, 4.69) is 6.58 Å². The van der Waals surface area contributed by atoms with E-state index in [9.17, 15) is 9.59 Å². The lowest BCUT2D eigenvalue weighted by molar-refractivity contribution is -0.137. The van der Waals surface area contributed by atoms with E-state index in [-0.39, 0.29) is 18.2 Å². The zero-order valence-electron chi connectivity index (χ0n) is 13.5. The Bertz CT molecular complexity index is 772. The minimum absolute atomic E-state index is 0.00734. The van der Waals surface area contributed by atoms with Gasteiger partial charge in [0.1, 0.15) is 18.4 Å². The predicted molar refractivity (Wildman–Crippen MR) is 87.6 cm³/mol. The van der Waals surface area contributed by atoms with Gasteiger partial charge >= 0.3 is 5.97 Å². The van der Waals surface area contributed by atoms with Crippen molar-refractivity contribution in [2.75, 3.05) is 0 Å². The smallest absolute Gasteiger partial charge is 0.323 e. The van der Waals surface area contributed by atoms with Gasteiger partial charge in [-0.3, -0.25) is 9.59 Å². The van der Waals surface area contributed by atoms with E-state index in [1.165, 1.54) is 10.1 Å². The van der Waals surface area contributed by atoms with Gasteiger partial charge in [-0.2, -0.15) is 0 Å². The summed E-state index contributed by atoms with van der Waals surface area (Å²) in [5.41, 5.74) is 3.07. The Hall–Kier alpha value is -2.30. The second-order valence-electron chi connectivity index (χ2n) is 6.49. The summed E-state index contributed by atoms with van der Waals surface area (Å²) < 4.78 is 7.35. The lowest BCUT2D eigenvalue weighted by Gasteiger charge is -2.35. The van der Waals surface area contributed by atoms with Crippen molar-refractivity contribution in [1.82, 2.24) is 4.57 Å². The first-order chi connectivity index (χ1) is 10.9. The average molecular weight is 315 g/mol. The maximum atomic E-state index is 12.6. The summed E-state index contributed by atoms with van der Waals surface area (Å²) in [5.74, 6) is -0.0168. The maximum absolute atomic E-state index is 12.6. The molecular formula is C18H21NO4. The fourth-order valence-corrected chi connectivity index (χ4v) is 3.42. The summed E-state index contributed by atoms with van der Waals surface area (Å²) in [6.45, 7) is 7.49. The normalized spacial score (nSPS) is 22.4. The number of carboxylic acid groups (broad SMARTS) is 1. The Morgan fingerprint density at radius 1 is 1.52 bits per heavy atom. The second-order valence-corrected chi connectivity index (χ2v) is 6.49. The molecule has 0 bridgehead atoms. The number of aliphatic carboxylic acids is 1. The molecule has 2 atom stereocenters. The molecule has 0 radical (unpaired) electrons. The van der Waals surface area contributed by atoms with Crippen LogP contribution in [0.2, 0.25) is 0 Å². The molecule has 3 rings (SSSR count). The standard InChI is InChI=1S/C18H21NO4/c1-10(2)12-4-5-13-7-14-16(23-15(13)8-12)6-11(3)19(18(14)22)9-17(20)21/h6-7,12,15H,1,4-5,8-9H2,2-3H3,(H,20,21)/t12-,15-/m0/s1. The van der Waals surface area contributed by atoms with Gasteiger partial charge in [-0.15, -0.1) is 0 Å². The Morgan fingerprint density at radius 2 is 2.26 bits per heavy atom. The Kier molecular flexibility index (Phi) is 3.88. The van der Waals surface area contributed by atoms with Crippen LogP contribution in [0.4, 0.5) is 0 Å². The third-order valence-corrected chi connectivity index (χ3v) is 4.79.